The van der Waals surface area contributed by atoms with Crippen LogP contribution in [-0.2, 0) is 14.3 Å². The molecule has 25 heavy (non-hydrogen) atoms. The molecule has 0 aliphatic carbocycles. The van der Waals surface area contributed by atoms with Crippen LogP contribution in [0.2, 0.25) is 0 Å². The number of halogens is 1. The van der Waals surface area contributed by atoms with Crippen molar-refractivity contribution in [3.63, 3.8) is 0 Å². The molecule has 0 fully saturated rings. The summed E-state index contributed by atoms with van der Waals surface area (Å²) in [6.07, 6.45) is -0.810. The van der Waals surface area contributed by atoms with E-state index in [1.165, 1.54) is 0 Å². The molecule has 1 N–H and O–H groups in total. The molecule has 0 saturated heterocycles. The number of benzene rings is 2. The summed E-state index contributed by atoms with van der Waals surface area (Å²) in [5.41, 5.74) is 2.76. The number of hydrogen-bond donors (Lipinski definition) is 1. The Bertz CT molecular complexity index is 759. The van der Waals surface area contributed by atoms with E-state index in [0.29, 0.717) is 11.4 Å². The van der Waals surface area contributed by atoms with Gasteiger partial charge in [-0.2, -0.15) is 0 Å². The number of amides is 1. The summed E-state index contributed by atoms with van der Waals surface area (Å²) in [4.78, 5) is 23.9. The van der Waals surface area contributed by atoms with Crippen LogP contribution >= 0.6 is 15.9 Å². The number of ether oxygens (including phenoxy) is 2. The molecule has 0 bridgehead atoms. The molecule has 5 nitrogen and oxygen atoms in total. The molecule has 0 radical (unpaired) electrons. The van der Waals surface area contributed by atoms with E-state index in [-0.39, 0.29) is 6.61 Å². The lowest BCUT2D eigenvalue weighted by Gasteiger charge is -2.14. The predicted molar refractivity (Wildman–Crippen MR) is 99.7 cm³/mol. The molecule has 2 aromatic carbocycles. The molecule has 0 heterocycles. The van der Waals surface area contributed by atoms with Crippen LogP contribution < -0.4 is 10.1 Å². The number of nitrogens with one attached hydrogen (secondary N) is 1. The standard InChI is InChI=1S/C19H20BrNO4/c1-12-4-9-17(13(2)10-12)21-18(22)11-24-19(23)14(3)25-16-7-5-15(20)6-8-16/h4-10,14H,11H2,1-3H3,(H,21,22)/t14-/m1/s1. The minimum Gasteiger partial charge on any atom is -0.479 e. The van der Waals surface area contributed by atoms with Gasteiger partial charge in [0.25, 0.3) is 5.91 Å². The lowest BCUT2D eigenvalue weighted by molar-refractivity contribution is -0.153. The Morgan fingerprint density at radius 3 is 2.44 bits per heavy atom. The van der Waals surface area contributed by atoms with Crippen LogP contribution in [0.4, 0.5) is 5.69 Å². The zero-order valence-corrected chi connectivity index (χ0v) is 15.9. The number of anilines is 1. The first-order valence-corrected chi connectivity index (χ1v) is 8.60. The van der Waals surface area contributed by atoms with Crippen molar-refractivity contribution in [1.82, 2.24) is 0 Å². The van der Waals surface area contributed by atoms with Crippen molar-refractivity contribution < 1.29 is 19.1 Å². The number of carbonyl (C=O) groups is 2. The first-order valence-electron chi connectivity index (χ1n) is 7.81. The van der Waals surface area contributed by atoms with E-state index in [0.717, 1.165) is 15.6 Å². The maximum Gasteiger partial charge on any atom is 0.347 e. The van der Waals surface area contributed by atoms with Gasteiger partial charge in [-0.3, -0.25) is 4.79 Å². The second kappa shape index (κ2) is 8.67. The molecule has 0 aliphatic heterocycles. The zero-order chi connectivity index (χ0) is 18.4. The van der Waals surface area contributed by atoms with Crippen LogP contribution in [0.1, 0.15) is 18.1 Å². The van der Waals surface area contributed by atoms with Gasteiger partial charge in [0.15, 0.2) is 12.7 Å². The van der Waals surface area contributed by atoms with Crippen LogP contribution in [0.5, 0.6) is 5.75 Å². The third-order valence-electron chi connectivity index (χ3n) is 3.46. The highest BCUT2D eigenvalue weighted by Gasteiger charge is 2.18. The molecule has 1 amide bonds. The van der Waals surface area contributed by atoms with Crippen molar-refractivity contribution in [3.05, 3.63) is 58.1 Å². The van der Waals surface area contributed by atoms with E-state index >= 15 is 0 Å². The van der Waals surface area contributed by atoms with E-state index in [2.05, 4.69) is 21.2 Å². The summed E-state index contributed by atoms with van der Waals surface area (Å²) in [7, 11) is 0. The van der Waals surface area contributed by atoms with E-state index in [9.17, 15) is 9.59 Å². The molecular formula is C19H20BrNO4. The summed E-state index contributed by atoms with van der Waals surface area (Å²) in [5.74, 6) is -0.442. The highest BCUT2D eigenvalue weighted by molar-refractivity contribution is 9.10. The average molecular weight is 406 g/mol. The Kier molecular flexibility index (Phi) is 6.58. The Morgan fingerprint density at radius 2 is 1.80 bits per heavy atom. The Hall–Kier alpha value is -2.34. The fourth-order valence-corrected chi connectivity index (χ4v) is 2.42. The second-order valence-electron chi connectivity index (χ2n) is 5.69. The lowest BCUT2D eigenvalue weighted by atomic mass is 10.1. The summed E-state index contributed by atoms with van der Waals surface area (Å²) in [6.45, 7) is 5.10. The Morgan fingerprint density at radius 1 is 1.12 bits per heavy atom. The molecule has 0 unspecified atom stereocenters. The van der Waals surface area contributed by atoms with Gasteiger partial charge in [0.1, 0.15) is 5.75 Å². The van der Waals surface area contributed by atoms with Crippen LogP contribution in [-0.4, -0.2) is 24.6 Å². The first-order chi connectivity index (χ1) is 11.8. The minimum atomic E-state index is -0.810. The minimum absolute atomic E-state index is 0.361. The van der Waals surface area contributed by atoms with Gasteiger partial charge in [0.05, 0.1) is 0 Å². The molecule has 0 spiro atoms. The third kappa shape index (κ3) is 5.90. The van der Waals surface area contributed by atoms with Gasteiger partial charge >= 0.3 is 5.97 Å². The van der Waals surface area contributed by atoms with Gasteiger partial charge in [-0.15, -0.1) is 0 Å². The lowest BCUT2D eigenvalue weighted by Crippen LogP contribution is -2.29. The van der Waals surface area contributed by atoms with Crippen LogP contribution in [0.25, 0.3) is 0 Å². The maximum atomic E-state index is 11.9. The number of esters is 1. The number of hydrogen-bond acceptors (Lipinski definition) is 4. The van der Waals surface area contributed by atoms with Crippen molar-refractivity contribution in [2.45, 2.75) is 26.9 Å². The van der Waals surface area contributed by atoms with Crippen molar-refractivity contribution in [3.8, 4) is 5.75 Å². The molecule has 132 valence electrons. The molecule has 2 aromatic rings. The average Bonchev–Trinajstić information content (AvgIpc) is 2.57. The summed E-state index contributed by atoms with van der Waals surface area (Å²) < 4.78 is 11.4. The number of aryl methyl sites for hydroxylation is 2. The van der Waals surface area contributed by atoms with Crippen LogP contribution in [0.15, 0.2) is 46.9 Å². The van der Waals surface area contributed by atoms with Crippen LogP contribution in [0.3, 0.4) is 0 Å². The van der Waals surface area contributed by atoms with E-state index in [1.807, 2.05) is 44.2 Å². The van der Waals surface area contributed by atoms with E-state index in [4.69, 9.17) is 9.47 Å². The molecule has 6 heteroatoms. The Labute approximate surface area is 155 Å². The summed E-state index contributed by atoms with van der Waals surface area (Å²) in [5, 5.41) is 2.73. The van der Waals surface area contributed by atoms with Crippen molar-refractivity contribution in [1.29, 1.82) is 0 Å². The Balaban J connectivity index is 1.82. The van der Waals surface area contributed by atoms with Gasteiger partial charge in [0.2, 0.25) is 0 Å². The van der Waals surface area contributed by atoms with Gasteiger partial charge in [-0.25, -0.2) is 4.79 Å². The first kappa shape index (κ1) is 19.0. The summed E-state index contributed by atoms with van der Waals surface area (Å²) >= 11 is 3.33. The smallest absolute Gasteiger partial charge is 0.347 e. The molecule has 1 atom stereocenters. The largest absolute Gasteiger partial charge is 0.479 e. The fraction of sp³-hybridized carbons (Fsp3) is 0.263. The molecule has 0 saturated carbocycles. The number of carbonyl (C=O) groups excluding carboxylic acids is 2. The highest BCUT2D eigenvalue weighted by atomic mass is 79.9. The van der Waals surface area contributed by atoms with Gasteiger partial charge in [0, 0.05) is 10.2 Å². The van der Waals surface area contributed by atoms with Crippen molar-refractivity contribution >= 4 is 33.5 Å². The van der Waals surface area contributed by atoms with Crippen molar-refractivity contribution in [2.24, 2.45) is 0 Å². The molecule has 0 aliphatic rings. The molecular weight excluding hydrogens is 386 g/mol. The SMILES string of the molecule is Cc1ccc(NC(=O)COC(=O)[C@@H](C)Oc2ccc(Br)cc2)c(C)c1. The highest BCUT2D eigenvalue weighted by Crippen LogP contribution is 2.18. The zero-order valence-electron chi connectivity index (χ0n) is 14.3. The maximum absolute atomic E-state index is 11.9. The van der Waals surface area contributed by atoms with E-state index < -0.39 is 18.0 Å². The monoisotopic (exact) mass is 405 g/mol. The fourth-order valence-electron chi connectivity index (χ4n) is 2.16. The third-order valence-corrected chi connectivity index (χ3v) is 3.99. The number of rotatable bonds is 6. The van der Waals surface area contributed by atoms with E-state index in [1.54, 1.807) is 19.1 Å². The van der Waals surface area contributed by atoms with Crippen LogP contribution in [0, 0.1) is 13.8 Å². The molecule has 0 aromatic heterocycles. The molecule has 2 rings (SSSR count). The normalized spacial score (nSPS) is 11.5. The van der Waals surface area contributed by atoms with Crippen molar-refractivity contribution in [2.75, 3.05) is 11.9 Å². The topological polar surface area (TPSA) is 64.6 Å². The second-order valence-corrected chi connectivity index (χ2v) is 6.60. The predicted octanol–water partition coefficient (Wildman–Crippen LogP) is 4.02. The summed E-state index contributed by atoms with van der Waals surface area (Å²) in [6, 6.07) is 12.8. The van der Waals surface area contributed by atoms with Gasteiger partial charge in [-0.1, -0.05) is 33.6 Å². The van der Waals surface area contributed by atoms with Gasteiger partial charge in [-0.05, 0) is 56.7 Å². The van der Waals surface area contributed by atoms with Gasteiger partial charge < -0.3 is 14.8 Å². The quantitative estimate of drug-likeness (QED) is 0.737.